The minimum Gasteiger partial charge on any atom is -0.382 e. The molecule has 1 saturated heterocycles. The van der Waals surface area contributed by atoms with Gasteiger partial charge in [0.1, 0.15) is 11.5 Å². The summed E-state index contributed by atoms with van der Waals surface area (Å²) < 4.78 is 0. The van der Waals surface area contributed by atoms with Crippen LogP contribution in [0.2, 0.25) is 0 Å². The van der Waals surface area contributed by atoms with E-state index in [1.54, 1.807) is 6.20 Å². The molecule has 1 aromatic rings. The van der Waals surface area contributed by atoms with Crippen LogP contribution in [-0.4, -0.2) is 23.9 Å². The molecular formula is C12H18N4. The van der Waals surface area contributed by atoms with Crippen LogP contribution >= 0.6 is 0 Å². The van der Waals surface area contributed by atoms with E-state index in [2.05, 4.69) is 23.7 Å². The Morgan fingerprint density at radius 2 is 2.31 bits per heavy atom. The van der Waals surface area contributed by atoms with Crippen molar-refractivity contribution >= 4 is 11.5 Å². The van der Waals surface area contributed by atoms with Crippen molar-refractivity contribution in [2.24, 2.45) is 11.1 Å². The summed E-state index contributed by atoms with van der Waals surface area (Å²) >= 11 is 0. The summed E-state index contributed by atoms with van der Waals surface area (Å²) in [5.41, 5.74) is 7.47. The Hall–Kier alpha value is -1.58. The number of nitrogens with zero attached hydrogens (tertiary/aromatic N) is 2. The zero-order valence-corrected chi connectivity index (χ0v) is 9.83. The molecule has 0 aliphatic carbocycles. The van der Waals surface area contributed by atoms with Gasteiger partial charge in [0.05, 0.1) is 5.69 Å². The summed E-state index contributed by atoms with van der Waals surface area (Å²) in [4.78, 5) is 6.45. The number of pyridine rings is 1. The van der Waals surface area contributed by atoms with Crippen molar-refractivity contribution in [2.45, 2.75) is 20.3 Å². The second-order valence-electron chi connectivity index (χ2n) is 5.12. The van der Waals surface area contributed by atoms with Gasteiger partial charge in [0.15, 0.2) is 0 Å². The topological polar surface area (TPSA) is 66.0 Å². The molecule has 0 unspecified atom stereocenters. The summed E-state index contributed by atoms with van der Waals surface area (Å²) in [6, 6.07) is 3.89. The largest absolute Gasteiger partial charge is 0.382 e. The van der Waals surface area contributed by atoms with E-state index in [1.807, 2.05) is 12.1 Å². The Morgan fingerprint density at radius 3 is 2.88 bits per heavy atom. The van der Waals surface area contributed by atoms with Crippen LogP contribution in [0.4, 0.5) is 5.69 Å². The molecule has 16 heavy (non-hydrogen) atoms. The molecule has 0 radical (unpaired) electrons. The van der Waals surface area contributed by atoms with Gasteiger partial charge in [-0.25, -0.2) is 0 Å². The van der Waals surface area contributed by atoms with E-state index in [-0.39, 0.29) is 5.84 Å². The van der Waals surface area contributed by atoms with Gasteiger partial charge in [-0.1, -0.05) is 13.8 Å². The second-order valence-corrected chi connectivity index (χ2v) is 5.12. The van der Waals surface area contributed by atoms with Crippen LogP contribution in [0.25, 0.3) is 0 Å². The molecule has 4 heteroatoms. The number of nitrogen functional groups attached to an aromatic ring is 1. The number of hydrogen-bond acceptors (Lipinski definition) is 3. The SMILES string of the molecule is CC1(C)CCN(c2cccnc2C(=N)N)C1. The molecule has 0 amide bonds. The maximum atomic E-state index is 7.53. The molecule has 0 saturated carbocycles. The number of aromatic nitrogens is 1. The highest BCUT2D eigenvalue weighted by Gasteiger charge is 2.30. The average molecular weight is 218 g/mol. The number of rotatable bonds is 2. The first-order chi connectivity index (χ1) is 7.49. The van der Waals surface area contributed by atoms with Gasteiger partial charge in [-0.2, -0.15) is 0 Å². The van der Waals surface area contributed by atoms with Crippen LogP contribution in [0.1, 0.15) is 26.0 Å². The smallest absolute Gasteiger partial charge is 0.143 e. The third-order valence-electron chi connectivity index (χ3n) is 3.06. The van der Waals surface area contributed by atoms with Gasteiger partial charge in [-0.3, -0.25) is 10.4 Å². The Bertz CT molecular complexity index is 411. The van der Waals surface area contributed by atoms with Gasteiger partial charge in [-0.05, 0) is 24.0 Å². The van der Waals surface area contributed by atoms with Crippen LogP contribution in [0.5, 0.6) is 0 Å². The van der Waals surface area contributed by atoms with E-state index < -0.39 is 0 Å². The maximum absolute atomic E-state index is 7.53. The van der Waals surface area contributed by atoms with Gasteiger partial charge in [0.25, 0.3) is 0 Å². The maximum Gasteiger partial charge on any atom is 0.143 e. The van der Waals surface area contributed by atoms with Crippen LogP contribution in [-0.2, 0) is 0 Å². The lowest BCUT2D eigenvalue weighted by atomic mass is 9.93. The van der Waals surface area contributed by atoms with E-state index in [1.165, 1.54) is 6.42 Å². The molecular weight excluding hydrogens is 200 g/mol. The lowest BCUT2D eigenvalue weighted by Crippen LogP contribution is -2.26. The molecule has 0 aromatic carbocycles. The Labute approximate surface area is 96.0 Å². The summed E-state index contributed by atoms with van der Waals surface area (Å²) in [6.45, 7) is 6.53. The predicted octanol–water partition coefficient (Wildman–Crippen LogP) is 1.60. The van der Waals surface area contributed by atoms with Gasteiger partial charge >= 0.3 is 0 Å². The van der Waals surface area contributed by atoms with Crippen molar-refractivity contribution < 1.29 is 0 Å². The molecule has 3 N–H and O–H groups in total. The molecule has 1 aliphatic heterocycles. The fraction of sp³-hybridized carbons (Fsp3) is 0.500. The van der Waals surface area contributed by atoms with E-state index >= 15 is 0 Å². The first-order valence-corrected chi connectivity index (χ1v) is 5.54. The van der Waals surface area contributed by atoms with E-state index in [0.717, 1.165) is 18.8 Å². The summed E-state index contributed by atoms with van der Waals surface area (Å²) in [6.07, 6.45) is 2.85. The van der Waals surface area contributed by atoms with Crippen molar-refractivity contribution in [3.05, 3.63) is 24.0 Å². The van der Waals surface area contributed by atoms with Gasteiger partial charge in [0.2, 0.25) is 0 Å². The highest BCUT2D eigenvalue weighted by atomic mass is 15.2. The lowest BCUT2D eigenvalue weighted by Gasteiger charge is -2.23. The molecule has 86 valence electrons. The number of nitrogens with one attached hydrogen (secondary N) is 1. The third kappa shape index (κ3) is 2.01. The Morgan fingerprint density at radius 1 is 1.56 bits per heavy atom. The van der Waals surface area contributed by atoms with E-state index in [4.69, 9.17) is 11.1 Å². The molecule has 0 atom stereocenters. The van der Waals surface area contributed by atoms with Crippen molar-refractivity contribution in [3.8, 4) is 0 Å². The first-order valence-electron chi connectivity index (χ1n) is 5.54. The predicted molar refractivity (Wildman–Crippen MR) is 65.9 cm³/mol. The number of hydrogen-bond donors (Lipinski definition) is 2. The fourth-order valence-electron chi connectivity index (χ4n) is 2.18. The summed E-state index contributed by atoms with van der Waals surface area (Å²) in [7, 11) is 0. The van der Waals surface area contributed by atoms with Crippen LogP contribution < -0.4 is 10.6 Å². The highest BCUT2D eigenvalue weighted by molar-refractivity contribution is 5.98. The standard InChI is InChI=1S/C12H18N4/c1-12(2)5-7-16(8-12)9-4-3-6-15-10(9)11(13)14/h3-4,6H,5,7-8H2,1-2H3,(H3,13,14). The molecule has 4 nitrogen and oxygen atoms in total. The molecule has 2 rings (SSSR count). The summed E-state index contributed by atoms with van der Waals surface area (Å²) in [5.74, 6) is 0.0420. The molecule has 2 heterocycles. The van der Waals surface area contributed by atoms with Crippen molar-refractivity contribution in [1.82, 2.24) is 4.98 Å². The van der Waals surface area contributed by atoms with Gasteiger partial charge < -0.3 is 10.6 Å². The van der Waals surface area contributed by atoms with Crippen molar-refractivity contribution in [3.63, 3.8) is 0 Å². The second kappa shape index (κ2) is 3.77. The molecule has 1 aliphatic rings. The normalized spacial score (nSPS) is 18.8. The first kappa shape index (κ1) is 10.9. The number of amidine groups is 1. The zero-order chi connectivity index (χ0) is 11.8. The van der Waals surface area contributed by atoms with Gasteiger partial charge in [0, 0.05) is 19.3 Å². The van der Waals surface area contributed by atoms with Crippen LogP contribution in [0.3, 0.4) is 0 Å². The van der Waals surface area contributed by atoms with Crippen LogP contribution in [0.15, 0.2) is 18.3 Å². The fourth-order valence-corrected chi connectivity index (χ4v) is 2.18. The van der Waals surface area contributed by atoms with E-state index in [0.29, 0.717) is 11.1 Å². The monoisotopic (exact) mass is 218 g/mol. The number of anilines is 1. The highest BCUT2D eigenvalue weighted by Crippen LogP contribution is 2.33. The Balaban J connectivity index is 2.31. The molecule has 1 fully saturated rings. The Kier molecular flexibility index (Phi) is 2.58. The average Bonchev–Trinajstić information content (AvgIpc) is 2.59. The minimum atomic E-state index is 0.0420. The van der Waals surface area contributed by atoms with Crippen molar-refractivity contribution in [2.75, 3.05) is 18.0 Å². The van der Waals surface area contributed by atoms with E-state index in [9.17, 15) is 0 Å². The quantitative estimate of drug-likeness (QED) is 0.585. The molecule has 0 bridgehead atoms. The number of nitrogens with two attached hydrogens (primary N) is 1. The summed E-state index contributed by atoms with van der Waals surface area (Å²) in [5, 5.41) is 7.53. The third-order valence-corrected chi connectivity index (χ3v) is 3.06. The minimum absolute atomic E-state index is 0.0420. The molecule has 0 spiro atoms. The van der Waals surface area contributed by atoms with Gasteiger partial charge in [-0.15, -0.1) is 0 Å². The zero-order valence-electron chi connectivity index (χ0n) is 9.83. The van der Waals surface area contributed by atoms with Crippen molar-refractivity contribution in [1.29, 1.82) is 5.41 Å². The molecule has 1 aromatic heterocycles. The lowest BCUT2D eigenvalue weighted by molar-refractivity contribution is 0.418. The van der Waals surface area contributed by atoms with Crippen LogP contribution in [0, 0.1) is 10.8 Å².